The van der Waals surface area contributed by atoms with Gasteiger partial charge in [0, 0.05) is 72.6 Å². The van der Waals surface area contributed by atoms with Gasteiger partial charge in [-0.1, -0.05) is 30.3 Å². The Balaban J connectivity index is 1.32. The molecule has 0 atom stereocenters. The largest absolute Gasteiger partial charge is 0.322 e. The fourth-order valence-electron chi connectivity index (χ4n) is 4.27. The second kappa shape index (κ2) is 11.4. The van der Waals surface area contributed by atoms with Crippen molar-refractivity contribution in [1.82, 2.24) is 19.7 Å². The van der Waals surface area contributed by atoms with Crippen molar-refractivity contribution in [3.05, 3.63) is 102 Å². The normalized spacial score (nSPS) is 14.2. The monoisotopic (exact) mass is 495 g/mol. The molecule has 1 aliphatic heterocycles. The van der Waals surface area contributed by atoms with Crippen LogP contribution in [0.25, 0.3) is 23.0 Å². The second-order valence-electron chi connectivity index (χ2n) is 8.82. The summed E-state index contributed by atoms with van der Waals surface area (Å²) in [5, 5.41) is 7.80. The van der Waals surface area contributed by atoms with Crippen molar-refractivity contribution < 1.29 is 4.79 Å². The van der Waals surface area contributed by atoms with E-state index in [1.807, 2.05) is 84.2 Å². The lowest BCUT2D eigenvalue weighted by atomic mass is 10.1. The van der Waals surface area contributed by atoms with Crippen LogP contribution in [0.4, 0.5) is 5.69 Å². The van der Waals surface area contributed by atoms with E-state index in [1.54, 1.807) is 18.5 Å². The van der Waals surface area contributed by atoms with Crippen molar-refractivity contribution >= 4 is 29.4 Å². The highest BCUT2D eigenvalue weighted by Gasteiger charge is 2.13. The standard InChI is InChI=1S/C29H29N5OS/c1-22-18-23(20-33-14-16-36-17-15-33)9-11-27(22)31-28(35)12-10-25-21-34(26-7-3-2-4-8-26)32-29(25)24-6-5-13-30-19-24/h2-13,18-19,21H,14-17,20H2,1H3,(H,31,35)/b12-10+. The molecule has 0 saturated carbocycles. The van der Waals surface area contributed by atoms with E-state index < -0.39 is 0 Å². The molecule has 0 bridgehead atoms. The van der Waals surface area contributed by atoms with Gasteiger partial charge >= 0.3 is 0 Å². The van der Waals surface area contributed by atoms with Crippen LogP contribution in [0.1, 0.15) is 16.7 Å². The highest BCUT2D eigenvalue weighted by Crippen LogP contribution is 2.25. The van der Waals surface area contributed by atoms with Crippen LogP contribution >= 0.6 is 11.8 Å². The quantitative estimate of drug-likeness (QED) is 0.346. The Morgan fingerprint density at radius 3 is 2.67 bits per heavy atom. The maximum atomic E-state index is 12.8. The van der Waals surface area contributed by atoms with Gasteiger partial charge in [-0.2, -0.15) is 16.9 Å². The Morgan fingerprint density at radius 1 is 1.08 bits per heavy atom. The minimum atomic E-state index is -0.177. The maximum Gasteiger partial charge on any atom is 0.248 e. The first kappa shape index (κ1) is 24.0. The van der Waals surface area contributed by atoms with Gasteiger partial charge < -0.3 is 5.32 Å². The first-order valence-electron chi connectivity index (χ1n) is 12.1. The van der Waals surface area contributed by atoms with E-state index >= 15 is 0 Å². The Hall–Kier alpha value is -3.68. The summed E-state index contributed by atoms with van der Waals surface area (Å²) >= 11 is 2.02. The second-order valence-corrected chi connectivity index (χ2v) is 10.0. The number of rotatable bonds is 7. The summed E-state index contributed by atoms with van der Waals surface area (Å²) in [7, 11) is 0. The fourth-order valence-corrected chi connectivity index (χ4v) is 5.25. The SMILES string of the molecule is Cc1cc(CN2CCSCC2)ccc1NC(=O)/C=C/c1cn(-c2ccccc2)nc1-c1cccnc1. The molecule has 1 fully saturated rings. The van der Waals surface area contributed by atoms with Crippen LogP contribution in [-0.4, -0.2) is 50.2 Å². The number of hydrogen-bond donors (Lipinski definition) is 1. The van der Waals surface area contributed by atoms with E-state index in [4.69, 9.17) is 5.10 Å². The molecule has 0 aliphatic carbocycles. The summed E-state index contributed by atoms with van der Waals surface area (Å²) in [6.07, 6.45) is 8.82. The fraction of sp³-hybridized carbons (Fsp3) is 0.207. The molecular formula is C29H29N5OS. The number of benzene rings is 2. The van der Waals surface area contributed by atoms with E-state index in [0.29, 0.717) is 0 Å². The van der Waals surface area contributed by atoms with Crippen LogP contribution in [0.15, 0.2) is 85.3 Å². The molecule has 1 saturated heterocycles. The minimum absolute atomic E-state index is 0.177. The Bertz CT molecular complexity index is 1340. The van der Waals surface area contributed by atoms with Crippen LogP contribution in [0.2, 0.25) is 0 Å². The zero-order chi connectivity index (χ0) is 24.7. The van der Waals surface area contributed by atoms with Crippen molar-refractivity contribution in [2.24, 2.45) is 0 Å². The molecule has 0 unspecified atom stereocenters. The van der Waals surface area contributed by atoms with Gasteiger partial charge in [0.05, 0.1) is 5.69 Å². The zero-order valence-electron chi connectivity index (χ0n) is 20.3. The molecule has 4 aromatic rings. The molecule has 6 nitrogen and oxygen atoms in total. The lowest BCUT2D eigenvalue weighted by Crippen LogP contribution is -2.31. The Kier molecular flexibility index (Phi) is 7.59. The summed E-state index contributed by atoms with van der Waals surface area (Å²) in [5.41, 5.74) is 6.63. The third kappa shape index (κ3) is 5.93. The number of para-hydroxylation sites is 1. The van der Waals surface area contributed by atoms with Crippen molar-refractivity contribution in [3.8, 4) is 16.9 Å². The van der Waals surface area contributed by atoms with Crippen LogP contribution < -0.4 is 5.32 Å². The average molecular weight is 496 g/mol. The van der Waals surface area contributed by atoms with Crippen molar-refractivity contribution in [3.63, 3.8) is 0 Å². The van der Waals surface area contributed by atoms with Gasteiger partial charge in [0.2, 0.25) is 5.91 Å². The third-order valence-electron chi connectivity index (χ3n) is 6.17. The number of carbonyl (C=O) groups excluding carboxylic acids is 1. The molecular weight excluding hydrogens is 466 g/mol. The smallest absolute Gasteiger partial charge is 0.248 e. The molecule has 3 heterocycles. The molecule has 0 spiro atoms. The van der Waals surface area contributed by atoms with Gasteiger partial charge in [0.15, 0.2) is 0 Å². The van der Waals surface area contributed by atoms with Crippen LogP contribution in [-0.2, 0) is 11.3 Å². The number of thioether (sulfide) groups is 1. The molecule has 0 radical (unpaired) electrons. The van der Waals surface area contributed by atoms with E-state index in [9.17, 15) is 4.79 Å². The molecule has 1 aliphatic rings. The molecule has 1 N–H and O–H groups in total. The van der Waals surface area contributed by atoms with Crippen molar-refractivity contribution in [1.29, 1.82) is 0 Å². The van der Waals surface area contributed by atoms with Gasteiger partial charge in [0.25, 0.3) is 0 Å². The van der Waals surface area contributed by atoms with Gasteiger partial charge in [-0.05, 0) is 54.5 Å². The summed E-state index contributed by atoms with van der Waals surface area (Å²) in [4.78, 5) is 19.5. The number of pyridine rings is 1. The lowest BCUT2D eigenvalue weighted by Gasteiger charge is -2.26. The van der Waals surface area contributed by atoms with Crippen LogP contribution in [0.5, 0.6) is 0 Å². The van der Waals surface area contributed by atoms with Crippen molar-refractivity contribution in [2.45, 2.75) is 13.5 Å². The highest BCUT2D eigenvalue weighted by atomic mass is 32.2. The summed E-state index contributed by atoms with van der Waals surface area (Å²) in [6.45, 7) is 5.26. The molecule has 1 amide bonds. The van der Waals surface area contributed by atoms with Crippen LogP contribution in [0, 0.1) is 6.92 Å². The van der Waals surface area contributed by atoms with Crippen LogP contribution in [0.3, 0.4) is 0 Å². The van der Waals surface area contributed by atoms with Gasteiger partial charge in [-0.25, -0.2) is 4.68 Å². The average Bonchev–Trinajstić information content (AvgIpc) is 3.35. The Labute approximate surface area is 216 Å². The highest BCUT2D eigenvalue weighted by molar-refractivity contribution is 7.99. The predicted octanol–water partition coefficient (Wildman–Crippen LogP) is 5.44. The molecule has 2 aromatic heterocycles. The summed E-state index contributed by atoms with van der Waals surface area (Å²) in [5.74, 6) is 2.22. The van der Waals surface area contributed by atoms with Gasteiger partial charge in [-0.15, -0.1) is 0 Å². The number of carbonyl (C=O) groups is 1. The molecule has 182 valence electrons. The number of aryl methyl sites for hydroxylation is 1. The van der Waals surface area contributed by atoms with Crippen molar-refractivity contribution in [2.75, 3.05) is 29.9 Å². The predicted molar refractivity (Wildman–Crippen MR) is 148 cm³/mol. The van der Waals surface area contributed by atoms with Gasteiger partial charge in [0.1, 0.15) is 5.69 Å². The molecule has 5 rings (SSSR count). The number of hydrogen-bond acceptors (Lipinski definition) is 5. The zero-order valence-corrected chi connectivity index (χ0v) is 21.1. The van der Waals surface area contributed by atoms with Gasteiger partial charge in [-0.3, -0.25) is 14.7 Å². The summed E-state index contributed by atoms with van der Waals surface area (Å²) < 4.78 is 1.82. The Morgan fingerprint density at radius 2 is 1.92 bits per heavy atom. The lowest BCUT2D eigenvalue weighted by molar-refractivity contribution is -0.111. The molecule has 36 heavy (non-hydrogen) atoms. The van der Waals surface area contributed by atoms with E-state index in [2.05, 4.69) is 27.3 Å². The number of anilines is 1. The first-order valence-corrected chi connectivity index (χ1v) is 13.3. The number of aromatic nitrogens is 3. The number of amides is 1. The van der Waals surface area contributed by atoms with E-state index in [1.165, 1.54) is 17.1 Å². The number of nitrogens with zero attached hydrogens (tertiary/aromatic N) is 4. The minimum Gasteiger partial charge on any atom is -0.322 e. The third-order valence-corrected chi connectivity index (χ3v) is 7.11. The summed E-state index contributed by atoms with van der Waals surface area (Å²) in [6, 6.07) is 20.1. The van der Waals surface area contributed by atoms with E-state index in [0.717, 1.165) is 53.4 Å². The first-order chi connectivity index (χ1) is 17.7. The van der Waals surface area contributed by atoms with E-state index in [-0.39, 0.29) is 5.91 Å². The number of nitrogens with one attached hydrogen (secondary N) is 1. The molecule has 7 heteroatoms. The molecule has 2 aromatic carbocycles. The topological polar surface area (TPSA) is 63.1 Å². The maximum absolute atomic E-state index is 12.8.